The van der Waals surface area contributed by atoms with Crippen LogP contribution in [0.3, 0.4) is 0 Å². The molecule has 1 saturated heterocycles. The highest BCUT2D eigenvalue weighted by Gasteiger charge is 2.38. The quantitative estimate of drug-likeness (QED) is 0.723. The molecule has 0 unspecified atom stereocenters. The van der Waals surface area contributed by atoms with Crippen LogP contribution in [0.5, 0.6) is 0 Å². The van der Waals surface area contributed by atoms with Gasteiger partial charge in [-0.05, 0) is 32.8 Å². The molecule has 4 heterocycles. The Kier molecular flexibility index (Phi) is 3.87. The number of nitrogens with one attached hydrogen (secondary N) is 1. The van der Waals surface area contributed by atoms with Crippen molar-refractivity contribution in [2.24, 2.45) is 0 Å². The van der Waals surface area contributed by atoms with E-state index in [-0.39, 0.29) is 5.54 Å². The molecular weight excluding hydrogens is 354 g/mol. The van der Waals surface area contributed by atoms with Crippen molar-refractivity contribution in [3.63, 3.8) is 0 Å². The average molecular weight is 377 g/mol. The van der Waals surface area contributed by atoms with E-state index in [1.165, 1.54) is 10.6 Å². The van der Waals surface area contributed by atoms with Crippen molar-refractivity contribution in [1.82, 2.24) is 23.8 Å². The van der Waals surface area contributed by atoms with Crippen LogP contribution in [0.1, 0.15) is 38.6 Å². The van der Waals surface area contributed by atoms with Crippen LogP contribution in [0.25, 0.3) is 22.1 Å². The molecule has 1 atom stereocenters. The Labute approximate surface area is 151 Å². The number of aromatic amines is 1. The van der Waals surface area contributed by atoms with E-state index in [0.717, 1.165) is 22.1 Å². The van der Waals surface area contributed by atoms with Gasteiger partial charge in [0.15, 0.2) is 0 Å². The van der Waals surface area contributed by atoms with Gasteiger partial charge in [0.1, 0.15) is 23.1 Å². The lowest BCUT2D eigenvalue weighted by molar-refractivity contribution is 0.144. The molecule has 3 aromatic rings. The zero-order chi connectivity index (χ0) is 18.7. The second kappa shape index (κ2) is 5.77. The summed E-state index contributed by atoms with van der Waals surface area (Å²) in [5.74, 6) is 0.589. The van der Waals surface area contributed by atoms with E-state index in [0.29, 0.717) is 31.8 Å². The SMILES string of the molecule is C[C@@H](O)c1nc2cnc3[nH]ccc3c2n1C1(C)CCN(S(C)(=O)=O)CC1. The number of aliphatic hydroxyl groups excluding tert-OH is 1. The zero-order valence-corrected chi connectivity index (χ0v) is 15.9. The van der Waals surface area contributed by atoms with Crippen molar-refractivity contribution >= 4 is 32.1 Å². The highest BCUT2D eigenvalue weighted by Crippen LogP contribution is 2.38. The fourth-order valence-electron chi connectivity index (χ4n) is 3.94. The Morgan fingerprint density at radius 1 is 1.35 bits per heavy atom. The molecule has 0 aromatic carbocycles. The maximum atomic E-state index is 11.9. The molecule has 0 amide bonds. The molecule has 0 saturated carbocycles. The van der Waals surface area contributed by atoms with E-state index in [4.69, 9.17) is 0 Å². The molecular formula is C17H23N5O3S. The lowest BCUT2D eigenvalue weighted by Gasteiger charge is -2.41. The summed E-state index contributed by atoms with van der Waals surface area (Å²) >= 11 is 0. The fraction of sp³-hybridized carbons (Fsp3) is 0.529. The topological polar surface area (TPSA) is 104 Å². The molecule has 9 heteroatoms. The van der Waals surface area contributed by atoms with Gasteiger partial charge in [-0.1, -0.05) is 0 Å². The second-order valence-corrected chi connectivity index (χ2v) is 9.35. The van der Waals surface area contributed by atoms with Gasteiger partial charge in [0.2, 0.25) is 10.0 Å². The Balaban J connectivity index is 1.90. The number of H-pyrrole nitrogens is 1. The van der Waals surface area contributed by atoms with Crippen LogP contribution in [0.4, 0.5) is 0 Å². The molecule has 0 spiro atoms. The molecule has 0 aliphatic carbocycles. The second-order valence-electron chi connectivity index (χ2n) is 7.37. The first-order valence-electron chi connectivity index (χ1n) is 8.69. The Morgan fingerprint density at radius 2 is 2.04 bits per heavy atom. The third-order valence-electron chi connectivity index (χ3n) is 5.41. The van der Waals surface area contributed by atoms with E-state index in [1.54, 1.807) is 13.1 Å². The number of sulfonamides is 1. The first-order valence-corrected chi connectivity index (χ1v) is 10.5. The average Bonchev–Trinajstić information content (AvgIpc) is 3.18. The number of pyridine rings is 1. The van der Waals surface area contributed by atoms with Crippen molar-refractivity contribution in [3.05, 3.63) is 24.3 Å². The van der Waals surface area contributed by atoms with Crippen molar-refractivity contribution < 1.29 is 13.5 Å². The third kappa shape index (κ3) is 2.62. The fourth-order valence-corrected chi connectivity index (χ4v) is 4.78. The van der Waals surface area contributed by atoms with Gasteiger partial charge in [-0.2, -0.15) is 0 Å². The van der Waals surface area contributed by atoms with Crippen molar-refractivity contribution in [2.75, 3.05) is 19.3 Å². The summed E-state index contributed by atoms with van der Waals surface area (Å²) in [6.45, 7) is 4.72. The predicted octanol–water partition coefficient (Wildman–Crippen LogP) is 1.74. The summed E-state index contributed by atoms with van der Waals surface area (Å²) < 4.78 is 27.4. The van der Waals surface area contributed by atoms with E-state index >= 15 is 0 Å². The lowest BCUT2D eigenvalue weighted by Crippen LogP contribution is -2.46. The molecule has 1 aliphatic heterocycles. The maximum absolute atomic E-state index is 11.9. The Hall–Kier alpha value is -1.97. The predicted molar refractivity (Wildman–Crippen MR) is 99.3 cm³/mol. The van der Waals surface area contributed by atoms with E-state index in [1.807, 2.05) is 12.3 Å². The summed E-state index contributed by atoms with van der Waals surface area (Å²) in [4.78, 5) is 12.1. The lowest BCUT2D eigenvalue weighted by atomic mass is 9.89. The smallest absolute Gasteiger partial charge is 0.211 e. The normalized spacial score (nSPS) is 20.0. The first-order chi connectivity index (χ1) is 12.2. The summed E-state index contributed by atoms with van der Waals surface area (Å²) in [5, 5.41) is 11.3. The molecule has 8 nitrogen and oxygen atoms in total. The maximum Gasteiger partial charge on any atom is 0.211 e. The Bertz CT molecular complexity index is 1070. The minimum atomic E-state index is -3.20. The number of aromatic nitrogens is 4. The van der Waals surface area contributed by atoms with Crippen LogP contribution in [-0.2, 0) is 15.6 Å². The molecule has 1 aliphatic rings. The van der Waals surface area contributed by atoms with Crippen LogP contribution in [-0.4, -0.2) is 56.7 Å². The van der Waals surface area contributed by atoms with Crippen LogP contribution in [0.2, 0.25) is 0 Å². The zero-order valence-electron chi connectivity index (χ0n) is 15.1. The van der Waals surface area contributed by atoms with Gasteiger partial charge in [0.25, 0.3) is 0 Å². The van der Waals surface area contributed by atoms with Crippen molar-refractivity contribution in [1.29, 1.82) is 0 Å². The molecule has 3 aromatic heterocycles. The number of nitrogens with zero attached hydrogens (tertiary/aromatic N) is 4. The van der Waals surface area contributed by atoms with E-state index < -0.39 is 16.1 Å². The van der Waals surface area contributed by atoms with Crippen LogP contribution in [0, 0.1) is 0 Å². The van der Waals surface area contributed by atoms with Crippen LogP contribution < -0.4 is 0 Å². The number of fused-ring (bicyclic) bond motifs is 3. The van der Waals surface area contributed by atoms with Gasteiger partial charge in [-0.3, -0.25) is 0 Å². The van der Waals surface area contributed by atoms with Gasteiger partial charge in [-0.15, -0.1) is 0 Å². The van der Waals surface area contributed by atoms with Gasteiger partial charge in [0.05, 0.1) is 18.0 Å². The number of aliphatic hydroxyl groups is 1. The van der Waals surface area contributed by atoms with Crippen molar-refractivity contribution in [3.8, 4) is 0 Å². The molecule has 26 heavy (non-hydrogen) atoms. The number of piperidine rings is 1. The van der Waals surface area contributed by atoms with Gasteiger partial charge in [-0.25, -0.2) is 22.7 Å². The van der Waals surface area contributed by atoms with Gasteiger partial charge in [0, 0.05) is 30.2 Å². The summed E-state index contributed by atoms with van der Waals surface area (Å²) in [6.07, 6.45) is 5.37. The molecule has 1 fully saturated rings. The first kappa shape index (κ1) is 17.4. The molecule has 140 valence electrons. The summed E-state index contributed by atoms with van der Waals surface area (Å²) in [6, 6.07) is 1.96. The Morgan fingerprint density at radius 3 is 2.65 bits per heavy atom. The molecule has 0 radical (unpaired) electrons. The minimum Gasteiger partial charge on any atom is -0.385 e. The number of rotatable bonds is 3. The summed E-state index contributed by atoms with van der Waals surface area (Å²) in [5.41, 5.74) is 2.10. The monoisotopic (exact) mass is 377 g/mol. The highest BCUT2D eigenvalue weighted by atomic mass is 32.2. The van der Waals surface area contributed by atoms with Crippen LogP contribution in [0.15, 0.2) is 18.5 Å². The van der Waals surface area contributed by atoms with E-state index in [2.05, 4.69) is 26.4 Å². The number of hydrogen-bond acceptors (Lipinski definition) is 5. The van der Waals surface area contributed by atoms with Gasteiger partial charge < -0.3 is 14.7 Å². The number of hydrogen-bond donors (Lipinski definition) is 2. The molecule has 2 N–H and O–H groups in total. The summed E-state index contributed by atoms with van der Waals surface area (Å²) in [7, 11) is -3.20. The van der Waals surface area contributed by atoms with Gasteiger partial charge >= 0.3 is 0 Å². The third-order valence-corrected chi connectivity index (χ3v) is 6.71. The van der Waals surface area contributed by atoms with Crippen molar-refractivity contribution in [2.45, 2.75) is 38.3 Å². The van der Waals surface area contributed by atoms with Crippen LogP contribution >= 0.6 is 0 Å². The van der Waals surface area contributed by atoms with E-state index in [9.17, 15) is 13.5 Å². The molecule has 0 bridgehead atoms. The molecule has 4 rings (SSSR count). The number of imidazole rings is 1. The largest absolute Gasteiger partial charge is 0.385 e. The standard InChI is InChI=1S/C17H23N5O3S/c1-11(23)16-20-13-10-19-15-12(4-7-18-15)14(13)22(16)17(2)5-8-21(9-6-17)26(3,24)25/h4,7,10-11,23H,5-6,8-9H2,1-3H3,(H,18,19)/t11-/m1/s1. The highest BCUT2D eigenvalue weighted by molar-refractivity contribution is 7.88. The minimum absolute atomic E-state index is 0.339.